The van der Waals surface area contributed by atoms with Gasteiger partial charge in [0.25, 0.3) is 0 Å². The molecule has 0 aromatic rings. The summed E-state index contributed by atoms with van der Waals surface area (Å²) in [5.41, 5.74) is 2.10. The highest BCUT2D eigenvalue weighted by atomic mass is 16.3. The van der Waals surface area contributed by atoms with E-state index in [1.54, 1.807) is 12.8 Å². The Morgan fingerprint density at radius 3 is 2.29 bits per heavy atom. The molecule has 0 unspecified atom stereocenters. The van der Waals surface area contributed by atoms with Crippen molar-refractivity contribution in [3.05, 3.63) is 0 Å². The topological polar surface area (TPSA) is 20.2 Å². The van der Waals surface area contributed by atoms with E-state index in [-0.39, 0.29) is 11.5 Å². The van der Waals surface area contributed by atoms with Crippen LogP contribution in [-0.2, 0) is 0 Å². The van der Waals surface area contributed by atoms with E-state index in [1.165, 1.54) is 25.7 Å². The molecule has 118 valence electrons. The molecular weight excluding hydrogens is 256 g/mol. The summed E-state index contributed by atoms with van der Waals surface area (Å²) in [4.78, 5) is 0. The highest BCUT2D eigenvalue weighted by molar-refractivity contribution is 5.27. The van der Waals surface area contributed by atoms with Crippen molar-refractivity contribution in [2.75, 3.05) is 0 Å². The Balaban J connectivity index is 1.56. The van der Waals surface area contributed by atoms with E-state index < -0.39 is 0 Å². The zero-order valence-electron chi connectivity index (χ0n) is 14.3. The van der Waals surface area contributed by atoms with Crippen LogP contribution in [0.3, 0.4) is 0 Å². The third-order valence-corrected chi connectivity index (χ3v) is 9.90. The molecule has 6 fully saturated rings. The molecule has 8 atom stereocenters. The summed E-state index contributed by atoms with van der Waals surface area (Å²) >= 11 is 0. The number of fused-ring (bicyclic) bond motifs is 1. The summed E-state index contributed by atoms with van der Waals surface area (Å²) in [6.07, 6.45) is 9.72. The van der Waals surface area contributed by atoms with Crippen molar-refractivity contribution < 1.29 is 5.11 Å². The molecule has 1 N–H and O–H groups in total. The average Bonchev–Trinajstić information content (AvgIpc) is 2.86. The smallest absolute Gasteiger partial charge is 0.0594 e. The van der Waals surface area contributed by atoms with Crippen LogP contribution in [0.15, 0.2) is 0 Å². The maximum absolute atomic E-state index is 10.6. The van der Waals surface area contributed by atoms with Gasteiger partial charge in [0, 0.05) is 0 Å². The van der Waals surface area contributed by atoms with Gasteiger partial charge in [0.05, 0.1) is 6.10 Å². The zero-order chi connectivity index (χ0) is 14.8. The summed E-state index contributed by atoms with van der Waals surface area (Å²) < 4.78 is 0. The minimum Gasteiger partial charge on any atom is -0.393 e. The van der Waals surface area contributed by atoms with Gasteiger partial charge < -0.3 is 5.11 Å². The fraction of sp³-hybridized carbons (Fsp3) is 1.00. The van der Waals surface area contributed by atoms with Crippen molar-refractivity contribution in [2.45, 2.75) is 78.7 Å². The lowest BCUT2D eigenvalue weighted by atomic mass is 9.39. The third-order valence-electron chi connectivity index (χ3n) is 9.90. The quantitative estimate of drug-likeness (QED) is 0.688. The molecular formula is C20H32O. The summed E-state index contributed by atoms with van der Waals surface area (Å²) in [7, 11) is 0. The van der Waals surface area contributed by atoms with Gasteiger partial charge in [-0.15, -0.1) is 0 Å². The second kappa shape index (κ2) is 3.40. The van der Waals surface area contributed by atoms with Crippen molar-refractivity contribution in [2.24, 2.45) is 45.3 Å². The molecule has 6 aliphatic carbocycles. The molecule has 21 heavy (non-hydrogen) atoms. The van der Waals surface area contributed by atoms with E-state index in [0.29, 0.717) is 10.8 Å². The van der Waals surface area contributed by atoms with Gasteiger partial charge >= 0.3 is 0 Å². The maximum Gasteiger partial charge on any atom is 0.0594 e. The maximum atomic E-state index is 10.6. The molecule has 0 aliphatic heterocycles. The largest absolute Gasteiger partial charge is 0.393 e. The fourth-order valence-electron chi connectivity index (χ4n) is 8.83. The predicted octanol–water partition coefficient (Wildman–Crippen LogP) is 4.64. The standard InChI is InChI=1S/C20H32O/c1-17(2)14-5-8-20-10-13-12(19(13,4)11-20)9-15(20)18(14,3)7-6-16(17)21/h12-16,21H,5-11H2,1-4H3/t12-,13+,14+,15+,16-,18-,19-,20+/m1/s1. The Kier molecular flexibility index (Phi) is 2.17. The molecule has 6 aliphatic rings. The first-order valence-electron chi connectivity index (χ1n) is 9.42. The third kappa shape index (κ3) is 1.28. The monoisotopic (exact) mass is 288 g/mol. The number of hydrogen-bond acceptors (Lipinski definition) is 1. The molecule has 0 amide bonds. The molecule has 0 radical (unpaired) electrons. The summed E-state index contributed by atoms with van der Waals surface area (Å²) in [6, 6.07) is 0. The minimum absolute atomic E-state index is 0.0754. The van der Waals surface area contributed by atoms with Crippen LogP contribution in [0.2, 0.25) is 0 Å². The highest BCUT2D eigenvalue weighted by Crippen LogP contribution is 2.85. The Bertz CT molecular complexity index is 510. The molecule has 1 spiro atoms. The van der Waals surface area contributed by atoms with E-state index >= 15 is 0 Å². The van der Waals surface area contributed by atoms with Crippen LogP contribution in [-0.4, -0.2) is 11.2 Å². The Hall–Kier alpha value is -0.0400. The van der Waals surface area contributed by atoms with Crippen LogP contribution in [0.4, 0.5) is 0 Å². The zero-order valence-corrected chi connectivity index (χ0v) is 14.3. The first-order chi connectivity index (χ1) is 9.74. The van der Waals surface area contributed by atoms with Gasteiger partial charge in [-0.3, -0.25) is 0 Å². The normalized spacial score (nSPS) is 66.4. The molecule has 6 saturated carbocycles. The number of aliphatic hydroxyl groups excluding tert-OH is 1. The van der Waals surface area contributed by atoms with Gasteiger partial charge in [-0.05, 0) is 90.3 Å². The lowest BCUT2D eigenvalue weighted by molar-refractivity contribution is -0.190. The van der Waals surface area contributed by atoms with Crippen molar-refractivity contribution >= 4 is 0 Å². The van der Waals surface area contributed by atoms with Crippen LogP contribution in [0.1, 0.15) is 72.6 Å². The summed E-state index contributed by atoms with van der Waals surface area (Å²) in [5, 5.41) is 10.6. The first kappa shape index (κ1) is 13.4. The number of hydrogen-bond donors (Lipinski definition) is 1. The first-order valence-corrected chi connectivity index (χ1v) is 9.42. The molecule has 0 aromatic heterocycles. The van der Waals surface area contributed by atoms with Crippen molar-refractivity contribution in [1.82, 2.24) is 0 Å². The summed E-state index contributed by atoms with van der Waals surface area (Å²) in [6.45, 7) is 9.92. The van der Waals surface area contributed by atoms with Gasteiger partial charge in [0.15, 0.2) is 0 Å². The number of rotatable bonds is 0. The van der Waals surface area contributed by atoms with E-state index in [9.17, 15) is 5.11 Å². The van der Waals surface area contributed by atoms with Crippen molar-refractivity contribution in [3.8, 4) is 0 Å². The lowest BCUT2D eigenvalue weighted by Crippen LogP contribution is -2.60. The van der Waals surface area contributed by atoms with Gasteiger partial charge in [-0.2, -0.15) is 0 Å². The summed E-state index contributed by atoms with van der Waals surface area (Å²) in [5.74, 6) is 3.87. The van der Waals surface area contributed by atoms with E-state index in [2.05, 4.69) is 27.7 Å². The number of aliphatic hydroxyl groups is 1. The predicted molar refractivity (Wildman–Crippen MR) is 84.7 cm³/mol. The molecule has 4 bridgehead atoms. The lowest BCUT2D eigenvalue weighted by Gasteiger charge is -2.66. The van der Waals surface area contributed by atoms with Crippen molar-refractivity contribution in [1.29, 1.82) is 0 Å². The molecule has 1 nitrogen and oxygen atoms in total. The van der Waals surface area contributed by atoms with Crippen LogP contribution >= 0.6 is 0 Å². The van der Waals surface area contributed by atoms with Gasteiger partial charge in [0.2, 0.25) is 0 Å². The second-order valence-corrected chi connectivity index (χ2v) is 10.7. The molecule has 0 heterocycles. The van der Waals surface area contributed by atoms with Crippen molar-refractivity contribution in [3.63, 3.8) is 0 Å². The van der Waals surface area contributed by atoms with Crippen LogP contribution in [0.5, 0.6) is 0 Å². The highest BCUT2D eigenvalue weighted by Gasteiger charge is 2.78. The van der Waals surface area contributed by atoms with E-state index in [4.69, 9.17) is 0 Å². The van der Waals surface area contributed by atoms with Gasteiger partial charge in [-0.25, -0.2) is 0 Å². The fourth-order valence-corrected chi connectivity index (χ4v) is 8.83. The Morgan fingerprint density at radius 1 is 0.857 bits per heavy atom. The molecule has 0 aromatic carbocycles. The average molecular weight is 288 g/mol. The second-order valence-electron chi connectivity index (χ2n) is 10.7. The SMILES string of the molecule is CC1(C)[C@H](O)CC[C@@]2(C)[C@@H]3C[C@@H]4[C@@H]5C[C@@]3(CC[C@@H]12)C[C@]45C. The van der Waals surface area contributed by atoms with Crippen LogP contribution in [0.25, 0.3) is 0 Å². The van der Waals surface area contributed by atoms with Crippen LogP contribution in [0, 0.1) is 45.3 Å². The molecule has 1 heteroatoms. The molecule has 0 saturated heterocycles. The Morgan fingerprint density at radius 2 is 1.62 bits per heavy atom. The van der Waals surface area contributed by atoms with Gasteiger partial charge in [-0.1, -0.05) is 27.7 Å². The van der Waals surface area contributed by atoms with Gasteiger partial charge in [0.1, 0.15) is 0 Å². The minimum atomic E-state index is -0.0754. The van der Waals surface area contributed by atoms with Crippen LogP contribution < -0.4 is 0 Å². The van der Waals surface area contributed by atoms with E-state index in [1.807, 2.05) is 0 Å². The Labute approximate surface area is 129 Å². The van der Waals surface area contributed by atoms with E-state index in [0.717, 1.165) is 35.5 Å². The molecule has 6 rings (SSSR count).